The predicted octanol–water partition coefficient (Wildman–Crippen LogP) is 5.02. The Kier molecular flexibility index (Phi) is 7.44. The van der Waals surface area contributed by atoms with Gasteiger partial charge < -0.3 is 10.1 Å². The van der Waals surface area contributed by atoms with Gasteiger partial charge in [0.15, 0.2) is 0 Å². The molecule has 7 heteroatoms. The van der Waals surface area contributed by atoms with Crippen molar-refractivity contribution in [2.24, 2.45) is 0 Å². The van der Waals surface area contributed by atoms with E-state index in [4.69, 9.17) is 4.74 Å². The van der Waals surface area contributed by atoms with Gasteiger partial charge in [-0.2, -0.15) is 9.78 Å². The van der Waals surface area contributed by atoms with Gasteiger partial charge in [0, 0.05) is 28.6 Å². The second kappa shape index (κ2) is 10.9. The van der Waals surface area contributed by atoms with Crippen molar-refractivity contribution in [3.8, 4) is 11.4 Å². The van der Waals surface area contributed by atoms with Crippen LogP contribution in [0.1, 0.15) is 28.4 Å². The van der Waals surface area contributed by atoms with Gasteiger partial charge in [-0.3, -0.25) is 9.59 Å². The van der Waals surface area contributed by atoms with Crippen LogP contribution in [0.5, 0.6) is 5.75 Å². The molecule has 3 aromatic carbocycles. The Morgan fingerprint density at radius 1 is 0.971 bits per heavy atom. The first-order chi connectivity index (χ1) is 16.5. The van der Waals surface area contributed by atoms with Crippen molar-refractivity contribution in [1.82, 2.24) is 15.1 Å². The Bertz CT molecular complexity index is 1330. The number of aryl methyl sites for hydroxylation is 1. The number of carbonyl (C=O) groups is 1. The van der Waals surface area contributed by atoms with Gasteiger partial charge in [-0.1, -0.05) is 47.7 Å². The van der Waals surface area contributed by atoms with Crippen LogP contribution in [-0.4, -0.2) is 22.3 Å². The average Bonchev–Trinajstić information content (AvgIpc) is 2.86. The van der Waals surface area contributed by atoms with E-state index in [-0.39, 0.29) is 11.5 Å². The van der Waals surface area contributed by atoms with Crippen LogP contribution in [0.15, 0.2) is 99.6 Å². The molecule has 4 rings (SSSR count). The minimum absolute atomic E-state index is 0.207. The lowest BCUT2D eigenvalue weighted by atomic mass is 10.1. The number of rotatable bonds is 8. The molecule has 0 saturated carbocycles. The summed E-state index contributed by atoms with van der Waals surface area (Å²) < 4.78 is 6.95. The van der Waals surface area contributed by atoms with Gasteiger partial charge >= 0.3 is 0 Å². The van der Waals surface area contributed by atoms with Gasteiger partial charge in [0.05, 0.1) is 12.3 Å². The van der Waals surface area contributed by atoms with Crippen molar-refractivity contribution in [3.05, 3.63) is 112 Å². The number of para-hydroxylation sites is 1. The third-order valence-corrected chi connectivity index (χ3v) is 6.04. The molecule has 1 heterocycles. The van der Waals surface area contributed by atoms with Crippen LogP contribution in [0.25, 0.3) is 5.69 Å². The highest BCUT2D eigenvalue weighted by atomic mass is 32.2. The summed E-state index contributed by atoms with van der Waals surface area (Å²) in [7, 11) is 0. The normalized spacial score (nSPS) is 10.6. The molecule has 172 valence electrons. The predicted molar refractivity (Wildman–Crippen MR) is 134 cm³/mol. The summed E-state index contributed by atoms with van der Waals surface area (Å²) in [6.07, 6.45) is 0. The Labute approximate surface area is 202 Å². The number of benzene rings is 3. The monoisotopic (exact) mass is 471 g/mol. The summed E-state index contributed by atoms with van der Waals surface area (Å²) in [6.45, 7) is 4.88. The van der Waals surface area contributed by atoms with E-state index < -0.39 is 0 Å². The van der Waals surface area contributed by atoms with E-state index in [1.165, 1.54) is 28.1 Å². The summed E-state index contributed by atoms with van der Waals surface area (Å²) in [5.74, 6) is 0.552. The van der Waals surface area contributed by atoms with Crippen molar-refractivity contribution < 1.29 is 9.53 Å². The minimum atomic E-state index is -0.238. The largest absolute Gasteiger partial charge is 0.494 e. The van der Waals surface area contributed by atoms with Crippen molar-refractivity contribution in [2.75, 3.05) is 6.61 Å². The fourth-order valence-corrected chi connectivity index (χ4v) is 4.11. The maximum absolute atomic E-state index is 12.6. The first kappa shape index (κ1) is 23.3. The molecule has 0 saturated heterocycles. The number of aromatic nitrogens is 2. The van der Waals surface area contributed by atoms with E-state index in [2.05, 4.69) is 10.4 Å². The molecule has 0 aliphatic carbocycles. The van der Waals surface area contributed by atoms with E-state index in [0.29, 0.717) is 29.4 Å². The molecule has 1 aromatic heterocycles. The number of nitrogens with zero attached hydrogens (tertiary/aromatic N) is 2. The molecule has 0 unspecified atom stereocenters. The van der Waals surface area contributed by atoms with Gasteiger partial charge in [0.25, 0.3) is 11.5 Å². The first-order valence-electron chi connectivity index (χ1n) is 11.0. The third kappa shape index (κ3) is 5.74. The molecule has 0 atom stereocenters. The third-order valence-electron chi connectivity index (χ3n) is 5.11. The van der Waals surface area contributed by atoms with Gasteiger partial charge in [-0.25, -0.2) is 0 Å². The lowest BCUT2D eigenvalue weighted by Gasteiger charge is -2.11. The smallest absolute Gasteiger partial charge is 0.271 e. The van der Waals surface area contributed by atoms with Gasteiger partial charge in [-0.15, -0.1) is 0 Å². The van der Waals surface area contributed by atoms with Crippen molar-refractivity contribution in [1.29, 1.82) is 0 Å². The van der Waals surface area contributed by atoms with E-state index in [0.717, 1.165) is 16.2 Å². The zero-order valence-corrected chi connectivity index (χ0v) is 19.8. The van der Waals surface area contributed by atoms with Crippen molar-refractivity contribution in [2.45, 2.75) is 30.3 Å². The van der Waals surface area contributed by atoms with E-state index in [1.807, 2.05) is 62.4 Å². The molecule has 4 aromatic rings. The highest BCUT2D eigenvalue weighted by Crippen LogP contribution is 2.25. The molecule has 0 aliphatic rings. The van der Waals surface area contributed by atoms with E-state index in [9.17, 15) is 9.59 Å². The van der Waals surface area contributed by atoms with Crippen LogP contribution in [-0.2, 0) is 6.54 Å². The number of amides is 1. The second-order valence-corrected chi connectivity index (χ2v) is 8.70. The first-order valence-corrected chi connectivity index (χ1v) is 11.8. The van der Waals surface area contributed by atoms with Gasteiger partial charge in [-0.05, 0) is 62.4 Å². The summed E-state index contributed by atoms with van der Waals surface area (Å²) in [5, 5.41) is 8.12. The SMILES string of the molecule is CCOc1ccccc1CNC(=O)c1ccc(-n2nc(Sc3ccc(C)cc3)ccc2=O)cc1. The fourth-order valence-electron chi connectivity index (χ4n) is 3.34. The fraction of sp³-hybridized carbons (Fsp3) is 0.148. The van der Waals surface area contributed by atoms with Crippen LogP contribution in [0.2, 0.25) is 0 Å². The Morgan fingerprint density at radius 3 is 2.44 bits per heavy atom. The quantitative estimate of drug-likeness (QED) is 0.391. The summed E-state index contributed by atoms with van der Waals surface area (Å²) in [4.78, 5) is 26.1. The molecule has 0 aliphatic heterocycles. The Morgan fingerprint density at radius 2 is 1.71 bits per heavy atom. The molecule has 0 radical (unpaired) electrons. The van der Waals surface area contributed by atoms with Crippen LogP contribution in [0, 0.1) is 6.92 Å². The summed E-state index contributed by atoms with van der Waals surface area (Å²) >= 11 is 1.49. The molecule has 0 bridgehead atoms. The maximum Gasteiger partial charge on any atom is 0.271 e. The Balaban J connectivity index is 1.46. The molecular weight excluding hydrogens is 446 g/mol. The molecule has 0 fully saturated rings. The topological polar surface area (TPSA) is 73.2 Å². The highest BCUT2D eigenvalue weighted by Gasteiger charge is 2.10. The number of hydrogen-bond acceptors (Lipinski definition) is 5. The van der Waals surface area contributed by atoms with Crippen LogP contribution >= 0.6 is 11.8 Å². The summed E-state index contributed by atoms with van der Waals surface area (Å²) in [6, 6.07) is 25.8. The highest BCUT2D eigenvalue weighted by molar-refractivity contribution is 7.99. The number of hydrogen-bond donors (Lipinski definition) is 1. The second-order valence-electron chi connectivity index (χ2n) is 7.61. The number of ether oxygens (including phenoxy) is 1. The molecule has 34 heavy (non-hydrogen) atoms. The van der Waals surface area contributed by atoms with Crippen LogP contribution in [0.4, 0.5) is 0 Å². The van der Waals surface area contributed by atoms with Crippen LogP contribution in [0.3, 0.4) is 0 Å². The standard InChI is InChI=1S/C27H25N3O3S/c1-3-33-24-7-5-4-6-21(24)18-28-27(32)20-10-12-22(13-11-20)30-26(31)17-16-25(29-30)34-23-14-8-19(2)9-15-23/h4-17H,3,18H2,1-2H3,(H,28,32). The lowest BCUT2D eigenvalue weighted by molar-refractivity contribution is 0.0950. The molecule has 1 N–H and O–H groups in total. The van der Waals surface area contributed by atoms with E-state index in [1.54, 1.807) is 30.3 Å². The van der Waals surface area contributed by atoms with Crippen molar-refractivity contribution in [3.63, 3.8) is 0 Å². The molecule has 1 amide bonds. The van der Waals surface area contributed by atoms with Gasteiger partial charge in [0.1, 0.15) is 10.8 Å². The zero-order chi connectivity index (χ0) is 23.9. The zero-order valence-electron chi connectivity index (χ0n) is 19.0. The Hall–Kier alpha value is -3.84. The molecule has 6 nitrogen and oxygen atoms in total. The average molecular weight is 472 g/mol. The minimum Gasteiger partial charge on any atom is -0.494 e. The van der Waals surface area contributed by atoms with Crippen LogP contribution < -0.4 is 15.6 Å². The van der Waals surface area contributed by atoms with E-state index >= 15 is 0 Å². The molecular formula is C27H25N3O3S. The number of carbonyl (C=O) groups excluding carboxylic acids is 1. The lowest BCUT2D eigenvalue weighted by Crippen LogP contribution is -2.23. The number of nitrogens with one attached hydrogen (secondary N) is 1. The van der Waals surface area contributed by atoms with Gasteiger partial charge in [0.2, 0.25) is 0 Å². The van der Waals surface area contributed by atoms with Crippen molar-refractivity contribution >= 4 is 17.7 Å². The summed E-state index contributed by atoms with van der Waals surface area (Å²) in [5.41, 5.74) is 2.95. The molecule has 0 spiro atoms. The maximum atomic E-state index is 12.6.